The first-order chi connectivity index (χ1) is 12.9. The van der Waals surface area contributed by atoms with Gasteiger partial charge in [0.1, 0.15) is 10.7 Å². The van der Waals surface area contributed by atoms with Gasteiger partial charge >= 0.3 is 0 Å². The van der Waals surface area contributed by atoms with E-state index in [1.54, 1.807) is 6.92 Å². The quantitative estimate of drug-likeness (QED) is 0.714. The van der Waals surface area contributed by atoms with Crippen molar-refractivity contribution in [3.63, 3.8) is 0 Å². The highest BCUT2D eigenvalue weighted by molar-refractivity contribution is 7.89. The molecule has 2 atom stereocenters. The number of nitrogens with zero attached hydrogens (tertiary/aromatic N) is 1. The zero-order valence-electron chi connectivity index (χ0n) is 16.2. The average molecular weight is 399 g/mol. The summed E-state index contributed by atoms with van der Waals surface area (Å²) in [5, 5.41) is 2.75. The Bertz CT molecular complexity index is 752. The van der Waals surface area contributed by atoms with Gasteiger partial charge < -0.3 is 14.5 Å². The minimum Gasteiger partial charge on any atom is -0.455 e. The number of furan rings is 1. The third-order valence-corrected chi connectivity index (χ3v) is 7.54. The molecule has 1 amide bonds. The number of hydrogen-bond donors (Lipinski definition) is 1. The van der Waals surface area contributed by atoms with Gasteiger partial charge in [-0.3, -0.25) is 4.79 Å². The lowest BCUT2D eigenvalue weighted by atomic mass is 9.88. The van der Waals surface area contributed by atoms with Crippen molar-refractivity contribution >= 4 is 15.9 Å². The van der Waals surface area contributed by atoms with Gasteiger partial charge in [0.2, 0.25) is 10.0 Å². The van der Waals surface area contributed by atoms with Gasteiger partial charge in [-0.2, -0.15) is 4.31 Å². The summed E-state index contributed by atoms with van der Waals surface area (Å²) in [4.78, 5) is 12.4. The number of aryl methyl sites for hydroxylation is 1. The van der Waals surface area contributed by atoms with E-state index >= 15 is 0 Å². The smallest absolute Gasteiger partial charge is 0.287 e. The second kappa shape index (κ2) is 8.75. The highest BCUT2D eigenvalue weighted by Crippen LogP contribution is 2.27. The molecule has 0 radical (unpaired) electrons. The lowest BCUT2D eigenvalue weighted by Gasteiger charge is -2.28. The fourth-order valence-corrected chi connectivity index (χ4v) is 5.57. The van der Waals surface area contributed by atoms with Gasteiger partial charge in [0.15, 0.2) is 5.76 Å². The van der Waals surface area contributed by atoms with Crippen molar-refractivity contribution in [1.29, 1.82) is 0 Å². The van der Waals surface area contributed by atoms with Crippen molar-refractivity contribution in [2.24, 2.45) is 5.92 Å². The number of amides is 1. The van der Waals surface area contributed by atoms with Crippen molar-refractivity contribution < 1.29 is 22.4 Å². The SMILES string of the molecule is Cc1oc(C(=O)NCCO[C@@H]2CCCC[C@@H]2C)cc1S(=O)(=O)N1CCCC1. The lowest BCUT2D eigenvalue weighted by molar-refractivity contribution is -0.00300. The second-order valence-electron chi connectivity index (χ2n) is 7.57. The number of ether oxygens (including phenoxy) is 1. The van der Waals surface area contributed by atoms with E-state index in [0.29, 0.717) is 32.2 Å². The van der Waals surface area contributed by atoms with E-state index < -0.39 is 15.9 Å². The minimum atomic E-state index is -3.59. The molecule has 1 aromatic heterocycles. The van der Waals surface area contributed by atoms with Crippen LogP contribution in [0.2, 0.25) is 0 Å². The molecule has 1 aliphatic heterocycles. The molecule has 0 spiro atoms. The van der Waals surface area contributed by atoms with Crippen LogP contribution in [0.5, 0.6) is 0 Å². The summed E-state index contributed by atoms with van der Waals surface area (Å²) in [6.07, 6.45) is 6.71. The van der Waals surface area contributed by atoms with E-state index in [0.717, 1.165) is 19.3 Å². The Morgan fingerprint density at radius 3 is 2.67 bits per heavy atom. The maximum Gasteiger partial charge on any atom is 0.287 e. The van der Waals surface area contributed by atoms with Gasteiger partial charge in [-0.1, -0.05) is 19.8 Å². The van der Waals surface area contributed by atoms with E-state index in [2.05, 4.69) is 12.2 Å². The summed E-state index contributed by atoms with van der Waals surface area (Å²) < 4.78 is 38.1. The molecule has 2 aliphatic rings. The van der Waals surface area contributed by atoms with Crippen molar-refractivity contribution in [2.75, 3.05) is 26.2 Å². The molecule has 1 saturated carbocycles. The molecular formula is C19H30N2O5S. The topological polar surface area (TPSA) is 88.8 Å². The van der Waals surface area contributed by atoms with Crippen molar-refractivity contribution in [3.05, 3.63) is 17.6 Å². The van der Waals surface area contributed by atoms with Crippen LogP contribution >= 0.6 is 0 Å². The first-order valence-corrected chi connectivity index (χ1v) is 11.3. The minimum absolute atomic E-state index is 0.0244. The Hall–Kier alpha value is -1.38. The van der Waals surface area contributed by atoms with Gasteiger partial charge in [0, 0.05) is 25.7 Å². The lowest BCUT2D eigenvalue weighted by Crippen LogP contribution is -2.31. The number of rotatable bonds is 7. The van der Waals surface area contributed by atoms with Gasteiger partial charge in [-0.05, 0) is 38.5 Å². The highest BCUT2D eigenvalue weighted by atomic mass is 32.2. The Morgan fingerprint density at radius 1 is 1.26 bits per heavy atom. The fourth-order valence-electron chi connectivity index (χ4n) is 3.89. The molecule has 27 heavy (non-hydrogen) atoms. The number of carbonyl (C=O) groups excluding carboxylic acids is 1. The molecule has 2 heterocycles. The Balaban J connectivity index is 1.53. The largest absolute Gasteiger partial charge is 0.455 e. The molecule has 152 valence electrons. The number of hydrogen-bond acceptors (Lipinski definition) is 5. The van der Waals surface area contributed by atoms with E-state index in [-0.39, 0.29) is 22.5 Å². The summed E-state index contributed by atoms with van der Waals surface area (Å²) >= 11 is 0. The van der Waals surface area contributed by atoms with E-state index in [1.807, 2.05) is 0 Å². The molecule has 2 fully saturated rings. The van der Waals surface area contributed by atoms with Crippen molar-refractivity contribution in [3.8, 4) is 0 Å². The van der Waals surface area contributed by atoms with Gasteiger partial charge in [-0.15, -0.1) is 0 Å². The van der Waals surface area contributed by atoms with E-state index in [9.17, 15) is 13.2 Å². The van der Waals surface area contributed by atoms with Crippen LogP contribution in [0.25, 0.3) is 0 Å². The maximum atomic E-state index is 12.7. The third-order valence-electron chi connectivity index (χ3n) is 5.53. The third kappa shape index (κ3) is 4.73. The molecule has 0 bridgehead atoms. The number of nitrogens with one attached hydrogen (secondary N) is 1. The van der Waals surface area contributed by atoms with Gasteiger partial charge in [-0.25, -0.2) is 8.42 Å². The zero-order valence-corrected chi connectivity index (χ0v) is 17.0. The summed E-state index contributed by atoms with van der Waals surface area (Å²) in [6, 6.07) is 1.34. The second-order valence-corrected chi connectivity index (χ2v) is 9.48. The molecule has 3 rings (SSSR count). The van der Waals surface area contributed by atoms with Crippen LogP contribution in [0.15, 0.2) is 15.4 Å². The number of carbonyl (C=O) groups is 1. The van der Waals surface area contributed by atoms with Crippen LogP contribution in [0.1, 0.15) is 61.8 Å². The maximum absolute atomic E-state index is 12.7. The number of sulfonamides is 1. The normalized spacial score (nSPS) is 24.2. The predicted molar refractivity (Wildman–Crippen MR) is 101 cm³/mol. The van der Waals surface area contributed by atoms with Crippen LogP contribution < -0.4 is 5.32 Å². The summed E-state index contributed by atoms with van der Waals surface area (Å²) in [7, 11) is -3.59. The van der Waals surface area contributed by atoms with E-state index in [1.165, 1.54) is 29.6 Å². The standard InChI is InChI=1S/C19H30N2O5S/c1-14-7-3-4-8-16(14)25-12-9-20-19(22)17-13-18(15(2)26-17)27(23,24)21-10-5-6-11-21/h13-14,16H,3-12H2,1-2H3,(H,20,22)/t14-,16+/m0/s1. The Labute approximate surface area is 161 Å². The van der Waals surface area contributed by atoms with E-state index in [4.69, 9.17) is 9.15 Å². The average Bonchev–Trinajstić information content (AvgIpc) is 3.30. The highest BCUT2D eigenvalue weighted by Gasteiger charge is 2.31. The van der Waals surface area contributed by atoms with Crippen LogP contribution in [0, 0.1) is 12.8 Å². The van der Waals surface area contributed by atoms with Crippen LogP contribution in [-0.2, 0) is 14.8 Å². The first kappa shape index (κ1) is 20.4. The molecular weight excluding hydrogens is 368 g/mol. The van der Waals surface area contributed by atoms with Gasteiger partial charge in [0.25, 0.3) is 5.91 Å². The molecule has 1 N–H and O–H groups in total. The molecule has 1 aliphatic carbocycles. The van der Waals surface area contributed by atoms with Crippen LogP contribution in [0.4, 0.5) is 0 Å². The van der Waals surface area contributed by atoms with Crippen LogP contribution in [0.3, 0.4) is 0 Å². The predicted octanol–water partition coefficient (Wildman–Crippen LogP) is 2.70. The molecule has 7 nitrogen and oxygen atoms in total. The molecule has 8 heteroatoms. The Morgan fingerprint density at radius 2 is 1.96 bits per heavy atom. The van der Waals surface area contributed by atoms with Crippen molar-refractivity contribution in [1.82, 2.24) is 9.62 Å². The van der Waals surface area contributed by atoms with Gasteiger partial charge in [0.05, 0.1) is 12.7 Å². The van der Waals surface area contributed by atoms with Crippen molar-refractivity contribution in [2.45, 2.75) is 63.4 Å². The molecule has 1 aromatic rings. The molecule has 0 unspecified atom stereocenters. The first-order valence-electron chi connectivity index (χ1n) is 9.90. The fraction of sp³-hybridized carbons (Fsp3) is 0.737. The summed E-state index contributed by atoms with van der Waals surface area (Å²) in [5.41, 5.74) is 0. The Kier molecular flexibility index (Phi) is 6.60. The molecule has 0 aromatic carbocycles. The zero-order chi connectivity index (χ0) is 19.4. The molecule has 1 saturated heterocycles. The monoisotopic (exact) mass is 398 g/mol. The summed E-state index contributed by atoms with van der Waals surface area (Å²) in [6.45, 7) is 5.63. The summed E-state index contributed by atoms with van der Waals surface area (Å²) in [5.74, 6) is 0.414. The van der Waals surface area contributed by atoms with Crippen LogP contribution in [-0.4, -0.2) is 51.0 Å².